The van der Waals surface area contributed by atoms with Gasteiger partial charge in [-0.25, -0.2) is 13.6 Å². The molecule has 0 spiro atoms. The molecule has 2 aliphatic heterocycles. The van der Waals surface area contributed by atoms with Crippen LogP contribution in [0.2, 0.25) is 0 Å². The highest BCUT2D eigenvalue weighted by molar-refractivity contribution is 7.91. The number of carbonyl (C=O) groups excluding carboxylic acids is 2. The molecule has 2 heterocycles. The number of cyclic esters (lactones) is 1. The normalized spacial score (nSPS) is 22.7. The van der Waals surface area contributed by atoms with E-state index in [-0.39, 0.29) is 29.7 Å². The lowest BCUT2D eigenvalue weighted by Crippen LogP contribution is -2.41. The molecule has 1 aromatic carbocycles. The Morgan fingerprint density at radius 2 is 1.90 bits per heavy atom. The van der Waals surface area contributed by atoms with Crippen LogP contribution in [-0.2, 0) is 20.7 Å². The minimum atomic E-state index is -0.951. The van der Waals surface area contributed by atoms with Crippen LogP contribution in [0.25, 0.3) is 0 Å². The highest BCUT2D eigenvalue weighted by Crippen LogP contribution is 2.32. The predicted molar refractivity (Wildman–Crippen MR) is 104 cm³/mol. The first kappa shape index (κ1) is 20.2. The maximum atomic E-state index is 14.7. The van der Waals surface area contributed by atoms with Crippen LogP contribution < -0.4 is 15.1 Å². The summed E-state index contributed by atoms with van der Waals surface area (Å²) < 4.78 is 46.1. The van der Waals surface area contributed by atoms with Gasteiger partial charge in [-0.2, -0.15) is 0 Å². The fraction of sp³-hybridized carbons (Fsp3) is 0.579. The van der Waals surface area contributed by atoms with Gasteiger partial charge < -0.3 is 19.5 Å². The number of benzene rings is 1. The quantitative estimate of drug-likeness (QED) is 0.700. The molecule has 3 fully saturated rings. The lowest BCUT2D eigenvalue weighted by molar-refractivity contribution is -0.122. The summed E-state index contributed by atoms with van der Waals surface area (Å²) >= 11 is -0.951. The smallest absolute Gasteiger partial charge is 0.414 e. The SMILES string of the molecule is O=C(NCC[C@H]1CN(c2cc(F)c(N3CC[S+]([O-])CC3)c(F)c2)C(=O)O1)C1CC1. The van der Waals surface area contributed by atoms with Gasteiger partial charge in [0.25, 0.3) is 0 Å². The zero-order valence-corrected chi connectivity index (χ0v) is 16.7. The van der Waals surface area contributed by atoms with Crippen molar-refractivity contribution in [2.45, 2.75) is 25.4 Å². The van der Waals surface area contributed by atoms with Gasteiger partial charge in [0.15, 0.2) is 11.6 Å². The van der Waals surface area contributed by atoms with E-state index in [0.29, 0.717) is 37.6 Å². The standard InChI is InChI=1S/C19H23F2N3O4S/c20-15-9-13(10-16(21)17(15)23-5-7-29(27)8-6-23)24-11-14(28-19(24)26)3-4-22-18(25)12-1-2-12/h9-10,12,14H,1-8,11H2,(H,22,25)/t14-/m0/s1. The molecule has 0 aromatic heterocycles. The number of amides is 2. The molecule has 10 heteroatoms. The first-order chi connectivity index (χ1) is 13.9. The van der Waals surface area contributed by atoms with Crippen LogP contribution in [0, 0.1) is 17.6 Å². The van der Waals surface area contributed by atoms with Crippen LogP contribution in [0.4, 0.5) is 25.0 Å². The highest BCUT2D eigenvalue weighted by atomic mass is 32.2. The van der Waals surface area contributed by atoms with Crippen LogP contribution in [0.3, 0.4) is 0 Å². The molecule has 0 unspecified atom stereocenters. The number of hydrogen-bond acceptors (Lipinski definition) is 5. The maximum absolute atomic E-state index is 14.7. The average molecular weight is 427 g/mol. The molecule has 1 aromatic rings. The summed E-state index contributed by atoms with van der Waals surface area (Å²) in [5.41, 5.74) is -0.0591. The van der Waals surface area contributed by atoms with Crippen molar-refractivity contribution in [2.24, 2.45) is 5.92 Å². The third-order valence-electron chi connectivity index (χ3n) is 5.40. The Labute approximate surface area is 170 Å². The molecule has 0 bridgehead atoms. The molecule has 158 valence electrons. The zero-order valence-electron chi connectivity index (χ0n) is 15.9. The number of rotatable bonds is 6. The van der Waals surface area contributed by atoms with Gasteiger partial charge in [0, 0.05) is 31.0 Å². The first-order valence-corrected chi connectivity index (χ1v) is 11.3. The summed E-state index contributed by atoms with van der Waals surface area (Å²) in [6.07, 6.45) is 1.16. The van der Waals surface area contributed by atoms with E-state index in [1.807, 2.05) is 0 Å². The second-order valence-corrected chi connectivity index (χ2v) is 9.26. The number of nitrogens with one attached hydrogen (secondary N) is 1. The van der Waals surface area contributed by atoms with Gasteiger partial charge in [0.2, 0.25) is 5.91 Å². The summed E-state index contributed by atoms with van der Waals surface area (Å²) in [5.74, 6) is -0.647. The first-order valence-electron chi connectivity index (χ1n) is 9.77. The lowest BCUT2D eigenvalue weighted by Gasteiger charge is -2.30. The molecule has 2 amide bonds. The van der Waals surface area contributed by atoms with Crippen molar-refractivity contribution in [1.29, 1.82) is 0 Å². The fourth-order valence-corrected chi connectivity index (χ4v) is 4.65. The van der Waals surface area contributed by atoms with Gasteiger partial charge in [-0.05, 0) is 12.8 Å². The molecule has 4 rings (SSSR count). The van der Waals surface area contributed by atoms with E-state index in [4.69, 9.17) is 4.74 Å². The second kappa shape index (κ2) is 8.35. The van der Waals surface area contributed by atoms with Crippen molar-refractivity contribution in [2.75, 3.05) is 47.5 Å². The van der Waals surface area contributed by atoms with Crippen molar-refractivity contribution in [3.05, 3.63) is 23.8 Å². The Hall–Kier alpha value is -2.07. The van der Waals surface area contributed by atoms with Crippen LogP contribution in [-0.4, -0.2) is 60.3 Å². The molecule has 3 aliphatic rings. The van der Waals surface area contributed by atoms with Gasteiger partial charge in [-0.3, -0.25) is 9.69 Å². The van der Waals surface area contributed by atoms with Crippen molar-refractivity contribution in [3.8, 4) is 0 Å². The van der Waals surface area contributed by atoms with Gasteiger partial charge in [-0.1, -0.05) is 11.2 Å². The molecule has 2 saturated heterocycles. The summed E-state index contributed by atoms with van der Waals surface area (Å²) in [5, 5.41) is 2.81. The maximum Gasteiger partial charge on any atom is 0.414 e. The summed E-state index contributed by atoms with van der Waals surface area (Å²) in [6, 6.07) is 2.25. The molecule has 7 nitrogen and oxygen atoms in total. The Kier molecular flexibility index (Phi) is 5.82. The van der Waals surface area contributed by atoms with Crippen molar-refractivity contribution >= 4 is 34.6 Å². The molecular formula is C19H23F2N3O4S. The van der Waals surface area contributed by atoms with Crippen molar-refractivity contribution < 1.29 is 27.7 Å². The van der Waals surface area contributed by atoms with Crippen molar-refractivity contribution in [1.82, 2.24) is 5.32 Å². The zero-order chi connectivity index (χ0) is 20.5. The van der Waals surface area contributed by atoms with E-state index in [2.05, 4.69) is 5.32 Å². The molecule has 1 N–H and O–H groups in total. The van der Waals surface area contributed by atoms with Gasteiger partial charge in [0.05, 0.1) is 25.3 Å². The fourth-order valence-electron chi connectivity index (χ4n) is 3.60. The Morgan fingerprint density at radius 1 is 1.24 bits per heavy atom. The summed E-state index contributed by atoms with van der Waals surface area (Å²) in [4.78, 5) is 26.6. The predicted octanol–water partition coefficient (Wildman–Crippen LogP) is 1.77. The third-order valence-corrected chi connectivity index (χ3v) is 6.67. The van der Waals surface area contributed by atoms with Crippen LogP contribution >= 0.6 is 0 Å². The van der Waals surface area contributed by atoms with Gasteiger partial charge in [0.1, 0.15) is 23.3 Å². The van der Waals surface area contributed by atoms with Crippen molar-refractivity contribution in [3.63, 3.8) is 0 Å². The molecule has 29 heavy (non-hydrogen) atoms. The minimum absolute atomic E-state index is 0.0208. The van der Waals surface area contributed by atoms with Gasteiger partial charge >= 0.3 is 6.09 Å². The van der Waals surface area contributed by atoms with Crippen LogP contribution in [0.15, 0.2) is 12.1 Å². The number of halogens is 2. The molecule has 1 atom stereocenters. The second-order valence-electron chi connectivity index (χ2n) is 7.56. The number of carbonyl (C=O) groups is 2. The van der Waals surface area contributed by atoms with Crippen LogP contribution in [0.1, 0.15) is 19.3 Å². The third kappa shape index (κ3) is 4.58. The number of anilines is 2. The average Bonchev–Trinajstić information content (AvgIpc) is 3.46. The molecule has 1 saturated carbocycles. The Morgan fingerprint density at radius 3 is 2.52 bits per heavy atom. The monoisotopic (exact) mass is 427 g/mol. The summed E-state index contributed by atoms with van der Waals surface area (Å²) in [6.45, 7) is 1.19. The highest BCUT2D eigenvalue weighted by Gasteiger charge is 2.34. The number of nitrogens with zero attached hydrogens (tertiary/aromatic N) is 2. The number of hydrogen-bond donors (Lipinski definition) is 1. The van der Waals surface area contributed by atoms with E-state index in [1.165, 1.54) is 4.90 Å². The largest absolute Gasteiger partial charge is 0.616 e. The van der Waals surface area contributed by atoms with Gasteiger partial charge in [-0.15, -0.1) is 0 Å². The lowest BCUT2D eigenvalue weighted by atomic mass is 10.2. The van der Waals surface area contributed by atoms with E-state index < -0.39 is 35.0 Å². The Bertz CT molecular complexity index is 777. The topological polar surface area (TPSA) is 84.9 Å². The summed E-state index contributed by atoms with van der Waals surface area (Å²) in [7, 11) is 0. The molecular weight excluding hydrogens is 404 g/mol. The molecule has 1 aliphatic carbocycles. The minimum Gasteiger partial charge on any atom is -0.616 e. The van der Waals surface area contributed by atoms with E-state index in [1.54, 1.807) is 4.90 Å². The number of ether oxygens (including phenoxy) is 1. The van der Waals surface area contributed by atoms with Crippen LogP contribution in [0.5, 0.6) is 0 Å². The van der Waals surface area contributed by atoms with E-state index in [0.717, 1.165) is 25.0 Å². The Balaban J connectivity index is 1.38. The van der Waals surface area contributed by atoms with E-state index >= 15 is 0 Å². The molecule has 0 radical (unpaired) electrons. The van der Waals surface area contributed by atoms with E-state index in [9.17, 15) is 22.9 Å².